The number of hydrogen-bond acceptors (Lipinski definition) is 5. The van der Waals surface area contributed by atoms with Crippen molar-refractivity contribution in [2.24, 2.45) is 0 Å². The summed E-state index contributed by atoms with van der Waals surface area (Å²) < 4.78 is 36.0. The molecule has 25 heavy (non-hydrogen) atoms. The lowest BCUT2D eigenvalue weighted by molar-refractivity contribution is -0.126. The fraction of sp³-hybridized carbons (Fsp3) is 0.588. The van der Waals surface area contributed by atoms with Gasteiger partial charge < -0.3 is 10.2 Å². The van der Waals surface area contributed by atoms with Crippen LogP contribution >= 0.6 is 0 Å². The minimum absolute atomic E-state index is 0.0454. The number of piperazine rings is 1. The molecule has 6 nitrogen and oxygen atoms in total. The topological polar surface area (TPSA) is 69.7 Å². The third-order valence-electron chi connectivity index (χ3n) is 5.01. The SMILES string of the molecule is CC(C(=O)NC1CCS(=O)(=O)C1)N1CCN(c2ccc(F)cc2)CC1. The van der Waals surface area contributed by atoms with Crippen molar-refractivity contribution in [3.05, 3.63) is 30.1 Å². The smallest absolute Gasteiger partial charge is 0.237 e. The number of amides is 1. The van der Waals surface area contributed by atoms with Crippen LogP contribution in [0.5, 0.6) is 0 Å². The highest BCUT2D eigenvalue weighted by atomic mass is 32.2. The normalized spacial score (nSPS) is 24.9. The fourth-order valence-electron chi connectivity index (χ4n) is 3.42. The van der Waals surface area contributed by atoms with Crippen LogP contribution in [0.15, 0.2) is 24.3 Å². The fourth-order valence-corrected chi connectivity index (χ4v) is 5.09. The van der Waals surface area contributed by atoms with Gasteiger partial charge in [-0.1, -0.05) is 0 Å². The Morgan fingerprint density at radius 2 is 1.84 bits per heavy atom. The number of carbonyl (C=O) groups excluding carboxylic acids is 1. The maximum absolute atomic E-state index is 13.0. The number of benzene rings is 1. The van der Waals surface area contributed by atoms with E-state index in [1.807, 2.05) is 6.92 Å². The van der Waals surface area contributed by atoms with Crippen LogP contribution in [-0.4, -0.2) is 69.0 Å². The average Bonchev–Trinajstić information content (AvgIpc) is 2.93. The monoisotopic (exact) mass is 369 g/mol. The lowest BCUT2D eigenvalue weighted by Crippen LogP contribution is -2.55. The number of hydrogen-bond donors (Lipinski definition) is 1. The molecule has 8 heteroatoms. The van der Waals surface area contributed by atoms with E-state index in [4.69, 9.17) is 0 Å². The number of rotatable bonds is 4. The van der Waals surface area contributed by atoms with E-state index in [9.17, 15) is 17.6 Å². The first kappa shape index (κ1) is 18.1. The van der Waals surface area contributed by atoms with E-state index in [0.29, 0.717) is 6.42 Å². The molecule has 2 aliphatic heterocycles. The van der Waals surface area contributed by atoms with Gasteiger partial charge in [0.15, 0.2) is 9.84 Å². The molecule has 1 aromatic rings. The third-order valence-corrected chi connectivity index (χ3v) is 6.78. The van der Waals surface area contributed by atoms with Crippen molar-refractivity contribution in [1.29, 1.82) is 0 Å². The lowest BCUT2D eigenvalue weighted by atomic mass is 10.1. The Morgan fingerprint density at radius 3 is 2.40 bits per heavy atom. The predicted molar refractivity (Wildman–Crippen MR) is 94.8 cm³/mol. The lowest BCUT2D eigenvalue weighted by Gasteiger charge is -2.38. The predicted octanol–water partition coefficient (Wildman–Crippen LogP) is 0.639. The number of sulfone groups is 1. The van der Waals surface area contributed by atoms with E-state index in [2.05, 4.69) is 15.1 Å². The van der Waals surface area contributed by atoms with Crippen molar-refractivity contribution < 1.29 is 17.6 Å². The van der Waals surface area contributed by atoms with Crippen molar-refractivity contribution in [3.8, 4) is 0 Å². The first-order valence-electron chi connectivity index (χ1n) is 8.59. The summed E-state index contributed by atoms with van der Waals surface area (Å²) in [5.41, 5.74) is 0.981. The van der Waals surface area contributed by atoms with Crippen molar-refractivity contribution in [2.75, 3.05) is 42.6 Å². The zero-order chi connectivity index (χ0) is 18.0. The summed E-state index contributed by atoms with van der Waals surface area (Å²) in [6.45, 7) is 4.85. The molecule has 0 aromatic heterocycles. The highest BCUT2D eigenvalue weighted by molar-refractivity contribution is 7.91. The summed E-state index contributed by atoms with van der Waals surface area (Å²) in [5, 5.41) is 2.87. The van der Waals surface area contributed by atoms with Crippen LogP contribution in [-0.2, 0) is 14.6 Å². The number of carbonyl (C=O) groups is 1. The van der Waals surface area contributed by atoms with Crippen molar-refractivity contribution >= 4 is 21.4 Å². The van der Waals surface area contributed by atoms with Crippen LogP contribution in [0.4, 0.5) is 10.1 Å². The van der Waals surface area contributed by atoms with E-state index >= 15 is 0 Å². The molecule has 2 unspecified atom stereocenters. The van der Waals surface area contributed by atoms with Gasteiger partial charge >= 0.3 is 0 Å². The van der Waals surface area contributed by atoms with Crippen LogP contribution < -0.4 is 10.2 Å². The summed E-state index contributed by atoms with van der Waals surface area (Å²) in [6.07, 6.45) is 0.499. The van der Waals surface area contributed by atoms with Crippen LogP contribution in [0.1, 0.15) is 13.3 Å². The van der Waals surface area contributed by atoms with Crippen LogP contribution in [0.25, 0.3) is 0 Å². The first-order valence-corrected chi connectivity index (χ1v) is 10.4. The van der Waals surface area contributed by atoms with E-state index in [-0.39, 0.29) is 35.3 Å². The summed E-state index contributed by atoms with van der Waals surface area (Å²) in [6, 6.07) is 5.88. The second-order valence-electron chi connectivity index (χ2n) is 6.78. The Balaban J connectivity index is 1.50. The molecule has 2 fully saturated rings. The standard InChI is InChI=1S/C17H24FN3O3S/c1-13(17(22)19-15-6-11-25(23,24)12-15)20-7-9-21(10-8-20)16-4-2-14(18)3-5-16/h2-5,13,15H,6-12H2,1H3,(H,19,22). The zero-order valence-corrected chi connectivity index (χ0v) is 15.1. The number of anilines is 1. The Kier molecular flexibility index (Phi) is 5.29. The molecule has 0 radical (unpaired) electrons. The molecule has 0 bridgehead atoms. The Hall–Kier alpha value is -1.67. The second kappa shape index (κ2) is 7.29. The Morgan fingerprint density at radius 1 is 1.20 bits per heavy atom. The van der Waals surface area contributed by atoms with Gasteiger partial charge in [-0.2, -0.15) is 0 Å². The zero-order valence-electron chi connectivity index (χ0n) is 14.3. The van der Waals surface area contributed by atoms with Gasteiger partial charge in [0.25, 0.3) is 0 Å². The van der Waals surface area contributed by atoms with Gasteiger partial charge in [0.1, 0.15) is 5.82 Å². The Labute approximate surface area is 147 Å². The molecule has 0 spiro atoms. The molecule has 3 rings (SSSR count). The van der Waals surface area contributed by atoms with E-state index < -0.39 is 9.84 Å². The molecule has 2 heterocycles. The number of nitrogens with one attached hydrogen (secondary N) is 1. The van der Waals surface area contributed by atoms with Gasteiger partial charge in [-0.3, -0.25) is 9.69 Å². The second-order valence-corrected chi connectivity index (χ2v) is 9.01. The number of halogens is 1. The summed E-state index contributed by atoms with van der Waals surface area (Å²) in [7, 11) is -2.99. The van der Waals surface area contributed by atoms with Gasteiger partial charge in [-0.15, -0.1) is 0 Å². The quantitative estimate of drug-likeness (QED) is 0.844. The minimum Gasteiger partial charge on any atom is -0.369 e. The molecule has 0 aliphatic carbocycles. The molecular formula is C17H24FN3O3S. The third kappa shape index (κ3) is 4.49. The van der Waals surface area contributed by atoms with E-state index in [1.165, 1.54) is 12.1 Å². The highest BCUT2D eigenvalue weighted by Crippen LogP contribution is 2.18. The van der Waals surface area contributed by atoms with Crippen LogP contribution in [0, 0.1) is 5.82 Å². The molecule has 138 valence electrons. The molecule has 2 saturated heterocycles. The van der Waals surface area contributed by atoms with Crippen LogP contribution in [0.2, 0.25) is 0 Å². The molecule has 2 atom stereocenters. The summed E-state index contributed by atoms with van der Waals surface area (Å²) in [4.78, 5) is 16.7. The molecule has 1 N–H and O–H groups in total. The maximum atomic E-state index is 13.0. The van der Waals surface area contributed by atoms with E-state index in [1.54, 1.807) is 12.1 Å². The highest BCUT2D eigenvalue weighted by Gasteiger charge is 2.32. The van der Waals surface area contributed by atoms with Gasteiger partial charge in [-0.25, -0.2) is 12.8 Å². The minimum atomic E-state index is -2.99. The molecule has 2 aliphatic rings. The molecule has 1 amide bonds. The summed E-state index contributed by atoms with van der Waals surface area (Å²) in [5.74, 6) is -0.161. The van der Waals surface area contributed by atoms with Crippen LogP contribution in [0.3, 0.4) is 0 Å². The van der Waals surface area contributed by atoms with Gasteiger partial charge in [0, 0.05) is 37.9 Å². The first-order chi connectivity index (χ1) is 11.8. The number of nitrogens with zero attached hydrogens (tertiary/aromatic N) is 2. The van der Waals surface area contributed by atoms with Crippen molar-refractivity contribution in [3.63, 3.8) is 0 Å². The van der Waals surface area contributed by atoms with Gasteiger partial charge in [-0.05, 0) is 37.6 Å². The molecular weight excluding hydrogens is 345 g/mol. The Bertz CT molecular complexity index is 715. The summed E-state index contributed by atoms with van der Waals surface area (Å²) >= 11 is 0. The molecule has 1 aromatic carbocycles. The molecule has 0 saturated carbocycles. The maximum Gasteiger partial charge on any atom is 0.237 e. The van der Waals surface area contributed by atoms with E-state index in [0.717, 1.165) is 31.9 Å². The van der Waals surface area contributed by atoms with Gasteiger partial charge in [0.05, 0.1) is 17.5 Å². The van der Waals surface area contributed by atoms with Crippen molar-refractivity contribution in [1.82, 2.24) is 10.2 Å². The van der Waals surface area contributed by atoms with Gasteiger partial charge in [0.2, 0.25) is 5.91 Å². The average molecular weight is 369 g/mol. The van der Waals surface area contributed by atoms with Crippen molar-refractivity contribution in [2.45, 2.75) is 25.4 Å². The largest absolute Gasteiger partial charge is 0.369 e.